The quantitative estimate of drug-likeness (QED) is 0.724. The number of aromatic nitrogens is 2. The summed E-state index contributed by atoms with van der Waals surface area (Å²) in [6, 6.07) is 8.73. The number of rotatable bonds is 3. The highest BCUT2D eigenvalue weighted by molar-refractivity contribution is 6.30. The lowest BCUT2D eigenvalue weighted by Gasteiger charge is -2.09. The molecule has 0 saturated carbocycles. The average molecular weight is 388 g/mol. The Bertz CT molecular complexity index is 1170. The van der Waals surface area contributed by atoms with E-state index in [0.29, 0.717) is 5.69 Å². The third kappa shape index (κ3) is 3.68. The summed E-state index contributed by atoms with van der Waals surface area (Å²) in [5.74, 6) is -1.37. The number of halogens is 2. The van der Waals surface area contributed by atoms with Crippen LogP contribution in [0.3, 0.4) is 0 Å². The van der Waals surface area contributed by atoms with E-state index in [0.717, 1.165) is 34.0 Å². The fourth-order valence-corrected chi connectivity index (χ4v) is 2.69. The van der Waals surface area contributed by atoms with E-state index in [1.807, 2.05) is 19.9 Å². The van der Waals surface area contributed by atoms with Crippen molar-refractivity contribution in [1.29, 1.82) is 0 Å². The largest absolute Gasteiger partial charge is 0.333 e. The number of H-pyrrole nitrogens is 1. The number of benzene rings is 2. The molecule has 1 heterocycles. The third-order valence-corrected chi connectivity index (χ3v) is 4.44. The third-order valence-electron chi connectivity index (χ3n) is 4.15. The van der Waals surface area contributed by atoms with Gasteiger partial charge in [0.25, 0.3) is 11.5 Å². The van der Waals surface area contributed by atoms with E-state index in [9.17, 15) is 18.8 Å². The normalized spacial score (nSPS) is 10.7. The van der Waals surface area contributed by atoms with E-state index < -0.39 is 23.0 Å². The first-order chi connectivity index (χ1) is 12.8. The molecule has 0 spiro atoms. The Kier molecular flexibility index (Phi) is 4.96. The minimum Gasteiger partial charge on any atom is -0.322 e. The van der Waals surface area contributed by atoms with E-state index in [1.54, 1.807) is 12.1 Å². The molecule has 1 amide bonds. The maximum atomic E-state index is 13.4. The first kappa shape index (κ1) is 18.6. The summed E-state index contributed by atoms with van der Waals surface area (Å²) >= 11 is 5.72. The van der Waals surface area contributed by atoms with Crippen molar-refractivity contribution in [1.82, 2.24) is 9.55 Å². The highest BCUT2D eigenvalue weighted by Crippen LogP contribution is 2.17. The Balaban J connectivity index is 2.03. The second-order valence-corrected chi connectivity index (χ2v) is 6.41. The number of hydrogen-bond acceptors (Lipinski definition) is 3. The maximum Gasteiger partial charge on any atom is 0.333 e. The summed E-state index contributed by atoms with van der Waals surface area (Å²) < 4.78 is 14.1. The van der Waals surface area contributed by atoms with Gasteiger partial charge >= 0.3 is 5.69 Å². The number of aryl methyl sites for hydroxylation is 2. The van der Waals surface area contributed by atoms with E-state index in [2.05, 4.69) is 10.3 Å². The number of nitrogens with zero attached hydrogens (tertiary/aromatic N) is 1. The van der Waals surface area contributed by atoms with Crippen molar-refractivity contribution in [2.75, 3.05) is 5.32 Å². The van der Waals surface area contributed by atoms with Gasteiger partial charge in [0.05, 0.1) is 10.7 Å². The molecule has 0 saturated heterocycles. The molecule has 0 unspecified atom stereocenters. The Morgan fingerprint density at radius 3 is 2.52 bits per heavy atom. The molecule has 138 valence electrons. The standard InChI is InChI=1S/C19H15ClFN3O3/c1-10-3-4-12(7-11(10)2)23-17(25)14-9-22-19(27)24(18(14)26)13-5-6-16(21)15(20)8-13/h3-9H,1-2H3,(H,22,27)(H,23,25). The Labute approximate surface area is 158 Å². The van der Waals surface area contributed by atoms with Crippen LogP contribution < -0.4 is 16.6 Å². The maximum absolute atomic E-state index is 13.4. The fourth-order valence-electron chi connectivity index (χ4n) is 2.51. The molecule has 8 heteroatoms. The van der Waals surface area contributed by atoms with Crippen molar-refractivity contribution in [3.63, 3.8) is 0 Å². The number of nitrogens with one attached hydrogen (secondary N) is 2. The number of aromatic amines is 1. The van der Waals surface area contributed by atoms with Crippen LogP contribution in [0.25, 0.3) is 5.69 Å². The highest BCUT2D eigenvalue weighted by atomic mass is 35.5. The van der Waals surface area contributed by atoms with Gasteiger partial charge in [0.15, 0.2) is 0 Å². The van der Waals surface area contributed by atoms with Gasteiger partial charge in [-0.15, -0.1) is 0 Å². The molecule has 0 aliphatic heterocycles. The van der Waals surface area contributed by atoms with Gasteiger partial charge < -0.3 is 10.3 Å². The summed E-state index contributed by atoms with van der Waals surface area (Å²) in [6.45, 7) is 3.84. The molecule has 0 radical (unpaired) electrons. The number of carbonyl (C=O) groups is 1. The van der Waals surface area contributed by atoms with Crippen LogP contribution in [0.15, 0.2) is 52.2 Å². The zero-order valence-electron chi connectivity index (χ0n) is 14.5. The van der Waals surface area contributed by atoms with Crippen molar-refractivity contribution in [3.05, 3.63) is 91.0 Å². The molecule has 2 N–H and O–H groups in total. The van der Waals surface area contributed by atoms with Gasteiger partial charge in [0, 0.05) is 11.9 Å². The van der Waals surface area contributed by atoms with Crippen LogP contribution in [-0.4, -0.2) is 15.5 Å². The molecular formula is C19H15ClFN3O3. The lowest BCUT2D eigenvalue weighted by Crippen LogP contribution is -2.38. The topological polar surface area (TPSA) is 84.0 Å². The molecule has 1 aromatic heterocycles. The van der Waals surface area contributed by atoms with Crippen molar-refractivity contribution >= 4 is 23.2 Å². The van der Waals surface area contributed by atoms with Crippen molar-refractivity contribution < 1.29 is 9.18 Å². The summed E-state index contributed by atoms with van der Waals surface area (Å²) in [5.41, 5.74) is 0.722. The Hall–Kier alpha value is -3.19. The van der Waals surface area contributed by atoms with Crippen LogP contribution in [0.1, 0.15) is 21.5 Å². The lowest BCUT2D eigenvalue weighted by molar-refractivity contribution is 0.102. The summed E-state index contributed by atoms with van der Waals surface area (Å²) in [4.78, 5) is 39.6. The van der Waals surface area contributed by atoms with Gasteiger partial charge in [-0.2, -0.15) is 0 Å². The van der Waals surface area contributed by atoms with Gasteiger partial charge in [-0.25, -0.2) is 13.8 Å². The van der Waals surface area contributed by atoms with Crippen LogP contribution >= 0.6 is 11.6 Å². The predicted octanol–water partition coefficient (Wildman–Crippen LogP) is 3.19. The summed E-state index contributed by atoms with van der Waals surface area (Å²) in [5, 5.41) is 2.38. The van der Waals surface area contributed by atoms with Gasteiger partial charge in [-0.3, -0.25) is 9.59 Å². The van der Waals surface area contributed by atoms with Crippen LogP contribution in [-0.2, 0) is 0 Å². The molecule has 0 fully saturated rings. The average Bonchev–Trinajstić information content (AvgIpc) is 2.61. The van der Waals surface area contributed by atoms with Crippen LogP contribution in [0.5, 0.6) is 0 Å². The van der Waals surface area contributed by atoms with Gasteiger partial charge in [-0.05, 0) is 55.3 Å². The number of anilines is 1. The zero-order valence-corrected chi connectivity index (χ0v) is 15.2. The van der Waals surface area contributed by atoms with Gasteiger partial charge in [-0.1, -0.05) is 17.7 Å². The molecule has 0 aliphatic carbocycles. The van der Waals surface area contributed by atoms with E-state index in [-0.39, 0.29) is 16.3 Å². The molecule has 3 rings (SSSR count). The number of amides is 1. The molecular weight excluding hydrogens is 373 g/mol. The molecule has 2 aromatic carbocycles. The van der Waals surface area contributed by atoms with Crippen molar-refractivity contribution in [2.24, 2.45) is 0 Å². The highest BCUT2D eigenvalue weighted by Gasteiger charge is 2.17. The minimum atomic E-state index is -0.845. The zero-order chi connectivity index (χ0) is 19.7. The Morgan fingerprint density at radius 2 is 1.85 bits per heavy atom. The predicted molar refractivity (Wildman–Crippen MR) is 101 cm³/mol. The number of carbonyl (C=O) groups excluding carboxylic acids is 1. The fraction of sp³-hybridized carbons (Fsp3) is 0.105. The monoisotopic (exact) mass is 387 g/mol. The van der Waals surface area contributed by atoms with Crippen LogP contribution in [0, 0.1) is 19.7 Å². The van der Waals surface area contributed by atoms with Crippen molar-refractivity contribution in [3.8, 4) is 5.69 Å². The van der Waals surface area contributed by atoms with Crippen LogP contribution in [0.4, 0.5) is 10.1 Å². The van der Waals surface area contributed by atoms with Crippen LogP contribution in [0.2, 0.25) is 5.02 Å². The first-order valence-corrected chi connectivity index (χ1v) is 8.34. The van der Waals surface area contributed by atoms with E-state index >= 15 is 0 Å². The second-order valence-electron chi connectivity index (χ2n) is 6.00. The van der Waals surface area contributed by atoms with Gasteiger partial charge in [0.1, 0.15) is 11.4 Å². The molecule has 0 atom stereocenters. The molecule has 0 aliphatic rings. The SMILES string of the molecule is Cc1ccc(NC(=O)c2c[nH]c(=O)n(-c3ccc(F)c(Cl)c3)c2=O)cc1C. The molecule has 3 aromatic rings. The molecule has 27 heavy (non-hydrogen) atoms. The first-order valence-electron chi connectivity index (χ1n) is 7.96. The van der Waals surface area contributed by atoms with Gasteiger partial charge in [0.2, 0.25) is 0 Å². The summed E-state index contributed by atoms with van der Waals surface area (Å²) in [6.07, 6.45) is 1.04. The van der Waals surface area contributed by atoms with E-state index in [1.165, 1.54) is 6.07 Å². The molecule has 0 bridgehead atoms. The Morgan fingerprint density at radius 1 is 1.11 bits per heavy atom. The summed E-state index contributed by atoms with van der Waals surface area (Å²) in [7, 11) is 0. The van der Waals surface area contributed by atoms with Crippen molar-refractivity contribution in [2.45, 2.75) is 13.8 Å². The minimum absolute atomic E-state index is 0.0495. The lowest BCUT2D eigenvalue weighted by atomic mass is 10.1. The molecule has 6 nitrogen and oxygen atoms in total. The number of hydrogen-bond donors (Lipinski definition) is 2. The smallest absolute Gasteiger partial charge is 0.322 e. The van der Waals surface area contributed by atoms with E-state index in [4.69, 9.17) is 11.6 Å². The second kappa shape index (κ2) is 7.20.